The first-order valence-corrected chi connectivity index (χ1v) is 7.42. The second-order valence-electron chi connectivity index (χ2n) is 5.48. The molecule has 2 amide bonds. The van der Waals surface area contributed by atoms with Crippen LogP contribution in [0.2, 0.25) is 0 Å². The van der Waals surface area contributed by atoms with Crippen molar-refractivity contribution in [1.82, 2.24) is 0 Å². The molecule has 5 nitrogen and oxygen atoms in total. The summed E-state index contributed by atoms with van der Waals surface area (Å²) in [6, 6.07) is 14.9. The Balaban J connectivity index is 1.79. The molecule has 0 saturated heterocycles. The number of hydrogen-bond acceptors (Lipinski definition) is 3. The smallest absolute Gasteiger partial charge is 0.265 e. The summed E-state index contributed by atoms with van der Waals surface area (Å²) in [5.41, 5.74) is 2.43. The number of fused-ring (bicyclic) bond motifs is 1. The molecule has 5 heteroatoms. The van der Waals surface area contributed by atoms with Gasteiger partial charge in [0.25, 0.3) is 5.91 Å². The van der Waals surface area contributed by atoms with Gasteiger partial charge in [0.05, 0.1) is 11.4 Å². The van der Waals surface area contributed by atoms with E-state index in [-0.39, 0.29) is 25.0 Å². The molecule has 0 N–H and O–H groups in total. The van der Waals surface area contributed by atoms with Crippen molar-refractivity contribution in [3.05, 3.63) is 54.1 Å². The first kappa shape index (κ1) is 15.1. The molecule has 0 saturated carbocycles. The van der Waals surface area contributed by atoms with Crippen LogP contribution in [0.5, 0.6) is 5.75 Å². The number of aryl methyl sites for hydroxylation is 1. The van der Waals surface area contributed by atoms with Gasteiger partial charge in [-0.1, -0.05) is 30.3 Å². The number of rotatable bonds is 3. The van der Waals surface area contributed by atoms with Crippen LogP contribution in [0.15, 0.2) is 48.5 Å². The fourth-order valence-corrected chi connectivity index (χ4v) is 2.60. The van der Waals surface area contributed by atoms with Crippen LogP contribution in [0.4, 0.5) is 11.4 Å². The Morgan fingerprint density at radius 3 is 2.48 bits per heavy atom. The van der Waals surface area contributed by atoms with Gasteiger partial charge in [0.2, 0.25) is 5.91 Å². The van der Waals surface area contributed by atoms with Crippen LogP contribution in [0.3, 0.4) is 0 Å². The van der Waals surface area contributed by atoms with Gasteiger partial charge in [-0.05, 0) is 30.7 Å². The lowest BCUT2D eigenvalue weighted by Gasteiger charge is -2.34. The molecule has 0 radical (unpaired) electrons. The average Bonchev–Trinajstić information content (AvgIpc) is 2.57. The molecule has 2 aromatic carbocycles. The van der Waals surface area contributed by atoms with Gasteiger partial charge < -0.3 is 9.64 Å². The van der Waals surface area contributed by atoms with Crippen LogP contribution in [0.25, 0.3) is 0 Å². The zero-order valence-corrected chi connectivity index (χ0v) is 13.2. The highest BCUT2D eigenvalue weighted by Crippen LogP contribution is 2.32. The number of anilines is 2. The fourth-order valence-electron chi connectivity index (χ4n) is 2.60. The Bertz CT molecular complexity index is 757. The third-order valence-electron chi connectivity index (χ3n) is 3.95. The Kier molecular flexibility index (Phi) is 4.02. The minimum absolute atomic E-state index is 0.0312. The van der Waals surface area contributed by atoms with E-state index in [1.807, 2.05) is 55.5 Å². The molecule has 1 heterocycles. The topological polar surface area (TPSA) is 49.9 Å². The number of carbonyl (C=O) groups excluding carboxylic acids is 2. The third-order valence-corrected chi connectivity index (χ3v) is 3.95. The molecular formula is C18H18N2O3. The predicted octanol–water partition coefficient (Wildman–Crippen LogP) is 2.38. The van der Waals surface area contributed by atoms with Gasteiger partial charge in [0.15, 0.2) is 6.61 Å². The Hall–Kier alpha value is -2.82. The molecule has 0 aliphatic carbocycles. The predicted molar refractivity (Wildman–Crippen MR) is 88.9 cm³/mol. The molecule has 0 bridgehead atoms. The number of amides is 2. The van der Waals surface area contributed by atoms with E-state index in [0.29, 0.717) is 5.75 Å². The summed E-state index contributed by atoms with van der Waals surface area (Å²) in [6.07, 6.45) is 0. The highest BCUT2D eigenvalue weighted by Gasteiger charge is 2.30. The maximum atomic E-state index is 12.5. The van der Waals surface area contributed by atoms with E-state index >= 15 is 0 Å². The molecular weight excluding hydrogens is 292 g/mol. The van der Waals surface area contributed by atoms with Crippen molar-refractivity contribution in [3.63, 3.8) is 0 Å². The Labute approximate surface area is 135 Å². The summed E-state index contributed by atoms with van der Waals surface area (Å²) in [5.74, 6) is 0.324. The largest absolute Gasteiger partial charge is 0.483 e. The van der Waals surface area contributed by atoms with Crippen molar-refractivity contribution in [2.75, 3.05) is 30.0 Å². The van der Waals surface area contributed by atoms with E-state index in [9.17, 15) is 9.59 Å². The summed E-state index contributed by atoms with van der Waals surface area (Å²) < 4.78 is 5.61. The molecule has 0 aromatic heterocycles. The second-order valence-corrected chi connectivity index (χ2v) is 5.48. The van der Waals surface area contributed by atoms with Crippen LogP contribution in [-0.2, 0) is 9.59 Å². The number of nitrogens with zero attached hydrogens (tertiary/aromatic N) is 2. The third kappa shape index (κ3) is 2.90. The van der Waals surface area contributed by atoms with Crippen molar-refractivity contribution in [1.29, 1.82) is 0 Å². The molecule has 1 aliphatic rings. The standard InChI is InChI=1S/C18H18N2O3/c1-13-7-3-6-10-16(13)23-12-18(22)20-11-17(21)19(2)14-8-4-5-9-15(14)20/h3-10H,11-12H2,1-2H3. The lowest BCUT2D eigenvalue weighted by Crippen LogP contribution is -2.48. The average molecular weight is 310 g/mol. The van der Waals surface area contributed by atoms with Crippen LogP contribution in [0.1, 0.15) is 5.56 Å². The Morgan fingerprint density at radius 2 is 1.74 bits per heavy atom. The number of carbonyl (C=O) groups is 2. The van der Waals surface area contributed by atoms with E-state index in [1.54, 1.807) is 11.9 Å². The monoisotopic (exact) mass is 310 g/mol. The summed E-state index contributed by atoms with van der Waals surface area (Å²) in [4.78, 5) is 27.7. The molecule has 3 rings (SSSR count). The summed E-state index contributed by atoms with van der Waals surface area (Å²) in [7, 11) is 1.72. The quantitative estimate of drug-likeness (QED) is 0.874. The van der Waals surface area contributed by atoms with E-state index in [2.05, 4.69) is 0 Å². The molecule has 118 valence electrons. The van der Waals surface area contributed by atoms with Gasteiger partial charge in [-0.2, -0.15) is 0 Å². The lowest BCUT2D eigenvalue weighted by atomic mass is 10.1. The normalized spacial score (nSPS) is 13.7. The minimum atomic E-state index is -0.234. The summed E-state index contributed by atoms with van der Waals surface area (Å²) in [6.45, 7) is 1.86. The highest BCUT2D eigenvalue weighted by molar-refractivity contribution is 6.11. The molecule has 0 spiro atoms. The van der Waals surface area contributed by atoms with Crippen molar-refractivity contribution in [3.8, 4) is 5.75 Å². The maximum Gasteiger partial charge on any atom is 0.265 e. The molecule has 23 heavy (non-hydrogen) atoms. The zero-order valence-electron chi connectivity index (χ0n) is 13.2. The van der Waals surface area contributed by atoms with E-state index < -0.39 is 0 Å². The Morgan fingerprint density at radius 1 is 1.09 bits per heavy atom. The van der Waals surface area contributed by atoms with Gasteiger partial charge in [-0.25, -0.2) is 0 Å². The van der Waals surface area contributed by atoms with Crippen LogP contribution < -0.4 is 14.5 Å². The van der Waals surface area contributed by atoms with Gasteiger partial charge >= 0.3 is 0 Å². The molecule has 2 aromatic rings. The molecule has 0 unspecified atom stereocenters. The van der Waals surface area contributed by atoms with E-state index in [1.165, 1.54) is 4.90 Å². The number of para-hydroxylation sites is 3. The van der Waals surface area contributed by atoms with Gasteiger partial charge in [0, 0.05) is 7.05 Å². The van der Waals surface area contributed by atoms with E-state index in [0.717, 1.165) is 16.9 Å². The number of hydrogen-bond donors (Lipinski definition) is 0. The first-order valence-electron chi connectivity index (χ1n) is 7.42. The van der Waals surface area contributed by atoms with E-state index in [4.69, 9.17) is 4.74 Å². The van der Waals surface area contributed by atoms with Crippen molar-refractivity contribution in [2.45, 2.75) is 6.92 Å². The fraction of sp³-hybridized carbons (Fsp3) is 0.222. The van der Waals surface area contributed by atoms with Crippen molar-refractivity contribution in [2.24, 2.45) is 0 Å². The molecule has 0 atom stereocenters. The lowest BCUT2D eigenvalue weighted by molar-refractivity contribution is -0.124. The zero-order chi connectivity index (χ0) is 16.4. The maximum absolute atomic E-state index is 12.5. The number of benzene rings is 2. The summed E-state index contributed by atoms with van der Waals surface area (Å²) in [5, 5.41) is 0. The van der Waals surface area contributed by atoms with Crippen molar-refractivity contribution >= 4 is 23.2 Å². The van der Waals surface area contributed by atoms with Crippen LogP contribution >= 0.6 is 0 Å². The second kappa shape index (κ2) is 6.12. The van der Waals surface area contributed by atoms with Crippen LogP contribution in [-0.4, -0.2) is 32.0 Å². The van der Waals surface area contributed by atoms with Gasteiger partial charge in [-0.15, -0.1) is 0 Å². The minimum Gasteiger partial charge on any atom is -0.483 e. The summed E-state index contributed by atoms with van der Waals surface area (Å²) >= 11 is 0. The number of likely N-dealkylation sites (N-methyl/N-ethyl adjacent to an activating group) is 1. The van der Waals surface area contributed by atoms with Gasteiger partial charge in [-0.3, -0.25) is 14.5 Å². The van der Waals surface area contributed by atoms with Crippen LogP contribution in [0, 0.1) is 6.92 Å². The van der Waals surface area contributed by atoms with Gasteiger partial charge in [0.1, 0.15) is 12.3 Å². The van der Waals surface area contributed by atoms with Crippen molar-refractivity contribution < 1.29 is 14.3 Å². The SMILES string of the molecule is Cc1ccccc1OCC(=O)N1CC(=O)N(C)c2ccccc21. The number of ether oxygens (including phenoxy) is 1. The molecule has 1 aliphatic heterocycles. The first-order chi connectivity index (χ1) is 11.1. The molecule has 0 fully saturated rings. The highest BCUT2D eigenvalue weighted by atomic mass is 16.5.